The van der Waals surface area contributed by atoms with E-state index >= 15 is 0 Å². The number of rotatable bonds is 7. The summed E-state index contributed by atoms with van der Waals surface area (Å²) in [5.74, 6) is -0.576. The Hall–Kier alpha value is -0.130. The van der Waals surface area contributed by atoms with Gasteiger partial charge in [-0.25, -0.2) is 0 Å². The molecule has 0 spiro atoms. The van der Waals surface area contributed by atoms with Crippen LogP contribution >= 0.6 is 0 Å². The van der Waals surface area contributed by atoms with Gasteiger partial charge in [-0.3, -0.25) is 4.55 Å². The molecule has 0 fully saturated rings. The first-order chi connectivity index (χ1) is 6.97. The zero-order valence-electron chi connectivity index (χ0n) is 9.78. The molecule has 15 heavy (non-hydrogen) atoms. The van der Waals surface area contributed by atoms with E-state index in [0.29, 0.717) is 0 Å². The Morgan fingerprint density at radius 2 is 1.33 bits per heavy atom. The molecule has 0 aliphatic rings. The molecule has 0 aliphatic carbocycles. The zero-order valence-corrected chi connectivity index (χ0v) is 10.6. The second-order valence-electron chi connectivity index (χ2n) is 3.42. The van der Waals surface area contributed by atoms with E-state index in [4.69, 9.17) is 9.66 Å². The highest BCUT2D eigenvalue weighted by Crippen LogP contribution is 2.03. The molecule has 0 saturated heterocycles. The molecule has 0 aliphatic heterocycles. The highest BCUT2D eigenvalue weighted by atomic mass is 32.2. The summed E-state index contributed by atoms with van der Waals surface area (Å²) in [5.41, 5.74) is 0. The maximum absolute atomic E-state index is 9.63. The fraction of sp³-hybridized carbons (Fsp3) is 1.00. The summed E-state index contributed by atoms with van der Waals surface area (Å²) in [7, 11) is -3.92. The van der Waals surface area contributed by atoms with Crippen LogP contribution in [0.3, 0.4) is 0 Å². The van der Waals surface area contributed by atoms with Crippen LogP contribution in [0.2, 0.25) is 0 Å². The van der Waals surface area contributed by atoms with Crippen molar-refractivity contribution in [1.82, 2.24) is 0 Å². The summed E-state index contributed by atoms with van der Waals surface area (Å²) >= 11 is 0. The summed E-state index contributed by atoms with van der Waals surface area (Å²) in [6.07, 6.45) is 8.49. The minimum Gasteiger partial charge on any atom is -0.395 e. The average molecular weight is 240 g/mol. The smallest absolute Gasteiger partial charge is 0.267 e. The van der Waals surface area contributed by atoms with Crippen molar-refractivity contribution in [2.45, 2.75) is 52.4 Å². The van der Waals surface area contributed by atoms with Crippen LogP contribution in [0.4, 0.5) is 0 Å². The number of aliphatic hydroxyl groups excluding tert-OH is 1. The minimum absolute atomic E-state index is 0.529. The lowest BCUT2D eigenvalue weighted by Crippen LogP contribution is -2.06. The Kier molecular flexibility index (Phi) is 13.7. The molecule has 0 rings (SSSR count). The molecule has 0 radical (unpaired) electrons. The van der Waals surface area contributed by atoms with Crippen LogP contribution in [0.15, 0.2) is 0 Å². The molecule has 0 heterocycles. The zero-order chi connectivity index (χ0) is 12.2. The topological polar surface area (TPSA) is 74.6 Å². The first kappa shape index (κ1) is 17.3. The summed E-state index contributed by atoms with van der Waals surface area (Å²) < 4.78 is 27.1. The van der Waals surface area contributed by atoms with Crippen molar-refractivity contribution in [2.75, 3.05) is 12.4 Å². The quantitative estimate of drug-likeness (QED) is 0.528. The summed E-state index contributed by atoms with van der Waals surface area (Å²) in [6.45, 7) is 3.98. The lowest BCUT2D eigenvalue weighted by atomic mass is 10.1. The first-order valence-corrected chi connectivity index (χ1v) is 7.14. The third-order valence-corrected chi connectivity index (χ3v) is 2.50. The molecule has 0 saturated carbocycles. The standard InChI is InChI=1S/C8H18.C2H6O4S/c1-3-5-7-8-6-4-2;3-1-2-7(4,5)6/h3-8H2,1-2H3;3H,1-2H2,(H,4,5,6). The maximum Gasteiger partial charge on any atom is 0.267 e. The number of hydrogen-bond donors (Lipinski definition) is 2. The van der Waals surface area contributed by atoms with Crippen molar-refractivity contribution in [2.24, 2.45) is 0 Å². The van der Waals surface area contributed by atoms with Crippen LogP contribution in [0, 0.1) is 0 Å². The summed E-state index contributed by atoms with van der Waals surface area (Å²) in [6, 6.07) is 0. The summed E-state index contributed by atoms with van der Waals surface area (Å²) in [4.78, 5) is 0. The predicted octanol–water partition coefficient (Wildman–Crippen LogP) is 2.23. The molecule has 2 N–H and O–H groups in total. The third kappa shape index (κ3) is 24.8. The Morgan fingerprint density at radius 1 is 0.933 bits per heavy atom. The molecular formula is C10H24O4S. The van der Waals surface area contributed by atoms with Gasteiger partial charge < -0.3 is 5.11 Å². The van der Waals surface area contributed by atoms with E-state index in [1.54, 1.807) is 0 Å². The molecule has 0 atom stereocenters. The number of aliphatic hydroxyl groups is 1. The van der Waals surface area contributed by atoms with Crippen molar-refractivity contribution in [3.63, 3.8) is 0 Å². The lowest BCUT2D eigenvalue weighted by Gasteiger charge is -1.93. The van der Waals surface area contributed by atoms with Crippen molar-refractivity contribution < 1.29 is 18.1 Å². The monoisotopic (exact) mass is 240 g/mol. The van der Waals surface area contributed by atoms with Crippen molar-refractivity contribution in [1.29, 1.82) is 0 Å². The molecule has 94 valence electrons. The van der Waals surface area contributed by atoms with E-state index in [0.717, 1.165) is 0 Å². The Balaban J connectivity index is 0. The van der Waals surface area contributed by atoms with Crippen LogP contribution in [-0.2, 0) is 10.1 Å². The Labute approximate surface area is 93.5 Å². The van der Waals surface area contributed by atoms with E-state index in [-0.39, 0.29) is 0 Å². The fourth-order valence-electron chi connectivity index (χ4n) is 0.969. The van der Waals surface area contributed by atoms with E-state index in [9.17, 15) is 8.42 Å². The average Bonchev–Trinajstić information content (AvgIpc) is 2.12. The normalized spacial score (nSPS) is 10.7. The van der Waals surface area contributed by atoms with Gasteiger partial charge in [0.1, 0.15) is 0 Å². The molecule has 0 amide bonds. The maximum atomic E-state index is 9.63. The van der Waals surface area contributed by atoms with Gasteiger partial charge in [-0.2, -0.15) is 8.42 Å². The van der Waals surface area contributed by atoms with Gasteiger partial charge in [0.25, 0.3) is 10.1 Å². The van der Waals surface area contributed by atoms with Crippen LogP contribution in [0.5, 0.6) is 0 Å². The molecule has 0 aromatic carbocycles. The molecule has 5 heteroatoms. The SMILES string of the molecule is CCCCCCCC.O=S(=O)(O)CCO. The van der Waals surface area contributed by atoms with Crippen molar-refractivity contribution in [3.05, 3.63) is 0 Å². The van der Waals surface area contributed by atoms with Gasteiger partial charge in [-0.1, -0.05) is 52.4 Å². The van der Waals surface area contributed by atoms with Gasteiger partial charge >= 0.3 is 0 Å². The molecule has 0 aromatic heterocycles. The third-order valence-electron chi connectivity index (χ3n) is 1.81. The highest BCUT2D eigenvalue weighted by Gasteiger charge is 1.99. The molecule has 0 bridgehead atoms. The second-order valence-corrected chi connectivity index (χ2v) is 5.00. The van der Waals surface area contributed by atoms with Gasteiger partial charge in [0.2, 0.25) is 0 Å². The van der Waals surface area contributed by atoms with Crippen LogP contribution in [0.25, 0.3) is 0 Å². The van der Waals surface area contributed by atoms with Crippen molar-refractivity contribution in [3.8, 4) is 0 Å². The van der Waals surface area contributed by atoms with E-state index in [1.807, 2.05) is 0 Å². The van der Waals surface area contributed by atoms with Crippen LogP contribution < -0.4 is 0 Å². The van der Waals surface area contributed by atoms with Gasteiger partial charge in [0.15, 0.2) is 0 Å². The largest absolute Gasteiger partial charge is 0.395 e. The minimum atomic E-state index is -3.92. The summed E-state index contributed by atoms with van der Waals surface area (Å²) in [5, 5.41) is 7.86. The van der Waals surface area contributed by atoms with Gasteiger partial charge in [-0.05, 0) is 0 Å². The van der Waals surface area contributed by atoms with Crippen LogP contribution in [-0.4, -0.2) is 30.4 Å². The lowest BCUT2D eigenvalue weighted by molar-refractivity contribution is 0.315. The first-order valence-electron chi connectivity index (χ1n) is 5.54. The predicted molar refractivity (Wildman–Crippen MR) is 62.6 cm³/mol. The number of unbranched alkanes of at least 4 members (excludes halogenated alkanes) is 5. The van der Waals surface area contributed by atoms with Crippen LogP contribution in [0.1, 0.15) is 52.4 Å². The molecule has 0 unspecified atom stereocenters. The second kappa shape index (κ2) is 11.9. The van der Waals surface area contributed by atoms with Gasteiger partial charge in [0, 0.05) is 0 Å². The molecule has 4 nitrogen and oxygen atoms in total. The van der Waals surface area contributed by atoms with Gasteiger partial charge in [0.05, 0.1) is 12.4 Å². The Morgan fingerprint density at radius 3 is 1.47 bits per heavy atom. The fourth-order valence-corrected chi connectivity index (χ4v) is 1.20. The Bertz CT molecular complexity index is 193. The highest BCUT2D eigenvalue weighted by molar-refractivity contribution is 7.85. The van der Waals surface area contributed by atoms with E-state index in [2.05, 4.69) is 13.8 Å². The number of hydrogen-bond acceptors (Lipinski definition) is 3. The van der Waals surface area contributed by atoms with E-state index < -0.39 is 22.5 Å². The van der Waals surface area contributed by atoms with Crippen molar-refractivity contribution >= 4 is 10.1 Å². The molecular weight excluding hydrogens is 216 g/mol. The van der Waals surface area contributed by atoms with E-state index in [1.165, 1.54) is 38.5 Å². The molecule has 0 aromatic rings. The van der Waals surface area contributed by atoms with Gasteiger partial charge in [-0.15, -0.1) is 0 Å².